The number of hydrogen-bond acceptors (Lipinski definition) is 6. The van der Waals surface area contributed by atoms with Crippen molar-refractivity contribution in [3.8, 4) is 0 Å². The molecule has 0 saturated heterocycles. The topological polar surface area (TPSA) is 69.2 Å². The van der Waals surface area contributed by atoms with E-state index in [0.717, 1.165) is 41.6 Å². The van der Waals surface area contributed by atoms with Crippen LogP contribution in [0.3, 0.4) is 0 Å². The first kappa shape index (κ1) is 36.9. The highest BCUT2D eigenvalue weighted by Gasteiger charge is 2.53. The summed E-state index contributed by atoms with van der Waals surface area (Å²) in [7, 11) is 0. The summed E-state index contributed by atoms with van der Waals surface area (Å²) < 4.78 is 27.0. The normalized spacial score (nSPS) is 22.2. The lowest BCUT2D eigenvalue weighted by Gasteiger charge is -2.49. The molecule has 5 rings (SSSR count). The predicted octanol–water partition coefficient (Wildman–Crippen LogP) is 8.41. The summed E-state index contributed by atoms with van der Waals surface area (Å²) in [5.41, 5.74) is 4.20. The third kappa shape index (κ3) is 11.9. The number of hydrogen-bond donors (Lipinski definition) is 2. The summed E-state index contributed by atoms with van der Waals surface area (Å²) in [6.45, 7) is 4.50. The van der Waals surface area contributed by atoms with Crippen LogP contribution in [0.4, 0.5) is 0 Å². The maximum atomic E-state index is 12.2. The van der Waals surface area contributed by atoms with Crippen molar-refractivity contribution in [2.75, 3.05) is 6.54 Å². The molecule has 0 spiro atoms. The van der Waals surface area contributed by atoms with Crippen molar-refractivity contribution in [2.24, 2.45) is 0 Å². The van der Waals surface area contributed by atoms with E-state index in [1.807, 2.05) is 84.9 Å². The van der Waals surface area contributed by atoms with Crippen molar-refractivity contribution in [3.05, 3.63) is 144 Å². The molecule has 1 saturated carbocycles. The molecule has 0 heterocycles. The molecule has 1 aliphatic rings. The van der Waals surface area contributed by atoms with E-state index in [4.69, 9.17) is 18.9 Å². The Morgan fingerprint density at radius 1 is 0.449 bits per heavy atom. The zero-order chi connectivity index (χ0) is 33.9. The van der Waals surface area contributed by atoms with Gasteiger partial charge in [0.1, 0.15) is 30.5 Å². The Hall–Kier alpha value is -3.36. The Labute approximate surface area is 293 Å². The third-order valence-electron chi connectivity index (χ3n) is 9.33. The van der Waals surface area contributed by atoms with Crippen molar-refractivity contribution >= 4 is 0 Å². The summed E-state index contributed by atoms with van der Waals surface area (Å²) in [6, 6.07) is 40.2. The van der Waals surface area contributed by atoms with Crippen LogP contribution < -0.4 is 5.32 Å². The van der Waals surface area contributed by atoms with Crippen molar-refractivity contribution < 1.29 is 24.1 Å². The van der Waals surface area contributed by atoms with Crippen molar-refractivity contribution in [1.82, 2.24) is 5.32 Å². The number of nitrogens with one attached hydrogen (secondary N) is 1. The molecule has 262 valence electrons. The second-order valence-electron chi connectivity index (χ2n) is 13.1. The van der Waals surface area contributed by atoms with E-state index in [1.165, 1.54) is 32.1 Å². The van der Waals surface area contributed by atoms with Crippen LogP contribution in [-0.4, -0.2) is 48.2 Å². The Morgan fingerprint density at radius 3 is 1.22 bits per heavy atom. The Morgan fingerprint density at radius 2 is 0.796 bits per heavy atom. The quantitative estimate of drug-likeness (QED) is 0.0872. The third-order valence-corrected chi connectivity index (χ3v) is 9.33. The van der Waals surface area contributed by atoms with Crippen LogP contribution in [0.5, 0.6) is 0 Å². The van der Waals surface area contributed by atoms with E-state index in [0.29, 0.717) is 26.4 Å². The van der Waals surface area contributed by atoms with Crippen molar-refractivity contribution in [1.29, 1.82) is 0 Å². The minimum absolute atomic E-state index is 0.346. The lowest BCUT2D eigenvalue weighted by molar-refractivity contribution is -0.250. The first-order chi connectivity index (χ1) is 24.2. The zero-order valence-electron chi connectivity index (χ0n) is 29.1. The number of aliphatic hydroxyl groups is 1. The standard InChI is InChI=1S/C43H55NO5/c1-2-3-4-5-6-7-20-29-44-38-39(45)41(47-31-35-23-14-9-15-24-35)43(49-33-37-27-18-11-19-28-37)42(48-32-36-25-16-10-17-26-36)40(38)46-30-34-21-12-8-13-22-34/h8-19,21-28,38-45H,2-7,20,29-33H2,1H3/t38-,39-,40-,41-,42+,43+/m0/s1. The number of aliphatic hydroxyl groups excluding tert-OH is 1. The lowest BCUT2D eigenvalue weighted by atomic mass is 9.82. The van der Waals surface area contributed by atoms with E-state index in [-0.39, 0.29) is 0 Å². The number of ether oxygens (including phenoxy) is 4. The van der Waals surface area contributed by atoms with Gasteiger partial charge in [0.15, 0.2) is 0 Å². The molecule has 4 aromatic carbocycles. The summed E-state index contributed by atoms with van der Waals surface area (Å²) >= 11 is 0. The Bertz CT molecular complexity index is 1410. The highest BCUT2D eigenvalue weighted by atomic mass is 16.6. The number of benzene rings is 4. The van der Waals surface area contributed by atoms with Crippen LogP contribution in [-0.2, 0) is 45.4 Å². The molecule has 0 unspecified atom stereocenters. The molecule has 0 aliphatic heterocycles. The van der Waals surface area contributed by atoms with E-state index >= 15 is 0 Å². The van der Waals surface area contributed by atoms with E-state index in [1.54, 1.807) is 0 Å². The minimum Gasteiger partial charge on any atom is -0.389 e. The fourth-order valence-corrected chi connectivity index (χ4v) is 6.60. The largest absolute Gasteiger partial charge is 0.389 e. The lowest BCUT2D eigenvalue weighted by Crippen LogP contribution is -2.69. The van der Waals surface area contributed by atoms with Crippen LogP contribution in [0.15, 0.2) is 121 Å². The molecule has 2 N–H and O–H groups in total. The highest BCUT2D eigenvalue weighted by molar-refractivity contribution is 5.17. The van der Waals surface area contributed by atoms with Gasteiger partial charge >= 0.3 is 0 Å². The Kier molecular flexibility index (Phi) is 15.8. The molecule has 4 aromatic rings. The summed E-state index contributed by atoms with van der Waals surface area (Å²) in [6.07, 6.45) is 5.35. The molecule has 6 nitrogen and oxygen atoms in total. The van der Waals surface area contributed by atoms with Gasteiger partial charge in [-0.2, -0.15) is 0 Å². The maximum Gasteiger partial charge on any atom is 0.115 e. The SMILES string of the molecule is CCCCCCCCCN[C@H]1[C@H](O)[C@H](OCc2ccccc2)[C@@H](OCc2ccccc2)[C@H](OCc2ccccc2)[C@H]1OCc1ccccc1. The Balaban J connectivity index is 1.42. The predicted molar refractivity (Wildman–Crippen MR) is 196 cm³/mol. The first-order valence-corrected chi connectivity index (χ1v) is 18.3. The number of unbranched alkanes of at least 4 members (excludes halogenated alkanes) is 6. The van der Waals surface area contributed by atoms with Crippen LogP contribution >= 0.6 is 0 Å². The summed E-state index contributed by atoms with van der Waals surface area (Å²) in [5, 5.41) is 16.0. The van der Waals surface area contributed by atoms with Gasteiger partial charge in [-0.25, -0.2) is 0 Å². The fraction of sp³-hybridized carbons (Fsp3) is 0.442. The molecule has 1 fully saturated rings. The minimum atomic E-state index is -0.897. The molecular weight excluding hydrogens is 610 g/mol. The fourth-order valence-electron chi connectivity index (χ4n) is 6.60. The first-order valence-electron chi connectivity index (χ1n) is 18.3. The molecule has 0 amide bonds. The maximum absolute atomic E-state index is 12.2. The van der Waals surface area contributed by atoms with Crippen LogP contribution in [0.1, 0.15) is 74.1 Å². The molecule has 1 aliphatic carbocycles. The van der Waals surface area contributed by atoms with Gasteiger partial charge < -0.3 is 29.4 Å². The van der Waals surface area contributed by atoms with Gasteiger partial charge in [-0.05, 0) is 35.2 Å². The molecule has 6 atom stereocenters. The molecule has 6 heteroatoms. The molecule has 49 heavy (non-hydrogen) atoms. The van der Waals surface area contributed by atoms with Gasteiger partial charge in [0.2, 0.25) is 0 Å². The van der Waals surface area contributed by atoms with Gasteiger partial charge in [-0.15, -0.1) is 0 Å². The zero-order valence-corrected chi connectivity index (χ0v) is 29.1. The average Bonchev–Trinajstić information content (AvgIpc) is 3.15. The summed E-state index contributed by atoms with van der Waals surface area (Å²) in [5.74, 6) is 0. The van der Waals surface area contributed by atoms with Crippen molar-refractivity contribution in [3.63, 3.8) is 0 Å². The smallest absolute Gasteiger partial charge is 0.115 e. The summed E-state index contributed by atoms with van der Waals surface area (Å²) in [4.78, 5) is 0. The van der Waals surface area contributed by atoms with E-state index < -0.39 is 36.6 Å². The van der Waals surface area contributed by atoms with Crippen LogP contribution in [0.2, 0.25) is 0 Å². The molecular formula is C43H55NO5. The van der Waals surface area contributed by atoms with Crippen LogP contribution in [0, 0.1) is 0 Å². The monoisotopic (exact) mass is 665 g/mol. The highest BCUT2D eigenvalue weighted by Crippen LogP contribution is 2.33. The molecule has 0 radical (unpaired) electrons. The van der Waals surface area contributed by atoms with E-state index in [2.05, 4.69) is 48.6 Å². The number of rotatable bonds is 21. The molecule has 0 bridgehead atoms. The second kappa shape index (κ2) is 21.0. The van der Waals surface area contributed by atoms with Gasteiger partial charge in [0.25, 0.3) is 0 Å². The molecule has 0 aromatic heterocycles. The average molecular weight is 666 g/mol. The van der Waals surface area contributed by atoms with Crippen LogP contribution in [0.25, 0.3) is 0 Å². The van der Waals surface area contributed by atoms with Gasteiger partial charge in [0, 0.05) is 0 Å². The van der Waals surface area contributed by atoms with Crippen molar-refractivity contribution in [2.45, 2.75) is 115 Å². The van der Waals surface area contributed by atoms with Gasteiger partial charge in [-0.3, -0.25) is 0 Å². The second-order valence-corrected chi connectivity index (χ2v) is 13.1. The van der Waals surface area contributed by atoms with Gasteiger partial charge in [-0.1, -0.05) is 167 Å². The van der Waals surface area contributed by atoms with E-state index in [9.17, 15) is 5.11 Å². The van der Waals surface area contributed by atoms with Gasteiger partial charge in [0.05, 0.1) is 32.5 Å².